The van der Waals surface area contributed by atoms with Crippen LogP contribution < -0.4 is 16.0 Å². The van der Waals surface area contributed by atoms with Gasteiger partial charge < -0.3 is 26.0 Å². The second kappa shape index (κ2) is 11.3. The summed E-state index contributed by atoms with van der Waals surface area (Å²) in [6.07, 6.45) is 5.78. The lowest BCUT2D eigenvalue weighted by atomic mass is 9.79. The van der Waals surface area contributed by atoms with Crippen molar-refractivity contribution in [1.82, 2.24) is 20.9 Å². The number of phenols is 1. The standard InChI is InChI=1S/C34H48N4O4S/c1-22(35-4)31(40)37-27-20-24-12-8-15-29(39)30(24)28-21-33(2,3)34(38(28)32(27)41)16-19-43(34,42)18-9-17-36-26-14-7-11-23-10-5-6-13-25(23)26/h5-6,8,10,12-13,15,22,26-28,35-36,39,43H,7,9,11,14,16-21H2,1-4H3,(H,37,40)/t22-,26+,27-,28+,34?/m0/s1. The average molecular weight is 609 g/mol. The van der Waals surface area contributed by atoms with Crippen LogP contribution in [0.5, 0.6) is 5.75 Å². The Labute approximate surface area is 256 Å². The summed E-state index contributed by atoms with van der Waals surface area (Å²) in [5.74, 6) is 0.936. The molecule has 3 heterocycles. The van der Waals surface area contributed by atoms with Crippen LogP contribution >= 0.6 is 0 Å². The molecule has 5 atom stereocenters. The predicted octanol–water partition coefficient (Wildman–Crippen LogP) is 3.51. The summed E-state index contributed by atoms with van der Waals surface area (Å²) >= 11 is 0. The minimum Gasteiger partial charge on any atom is -0.508 e. The molecule has 1 aliphatic carbocycles. The highest BCUT2D eigenvalue weighted by Crippen LogP contribution is 2.66. The van der Waals surface area contributed by atoms with E-state index in [0.29, 0.717) is 36.8 Å². The molecule has 2 saturated heterocycles. The number of carbonyl (C=O) groups excluding carboxylic acids is 2. The molecule has 234 valence electrons. The van der Waals surface area contributed by atoms with E-state index in [1.807, 2.05) is 11.0 Å². The van der Waals surface area contributed by atoms with Crippen molar-refractivity contribution in [2.24, 2.45) is 5.41 Å². The third-order valence-electron chi connectivity index (χ3n) is 11.1. The molecule has 0 saturated carbocycles. The first kappa shape index (κ1) is 30.3. The lowest BCUT2D eigenvalue weighted by Crippen LogP contribution is -2.72. The minimum absolute atomic E-state index is 0.162. The Bertz CT molecular complexity index is 1460. The van der Waals surface area contributed by atoms with Crippen molar-refractivity contribution >= 4 is 21.7 Å². The van der Waals surface area contributed by atoms with E-state index in [9.17, 15) is 14.7 Å². The number of amides is 2. The molecule has 2 fully saturated rings. The number of nitrogens with one attached hydrogen (secondary N) is 3. The normalized spacial score (nSPS) is 29.9. The van der Waals surface area contributed by atoms with Gasteiger partial charge in [0.25, 0.3) is 0 Å². The van der Waals surface area contributed by atoms with E-state index in [0.717, 1.165) is 36.9 Å². The number of rotatable bonds is 8. The van der Waals surface area contributed by atoms with Crippen molar-refractivity contribution in [3.8, 4) is 5.75 Å². The van der Waals surface area contributed by atoms with Gasteiger partial charge in [0.15, 0.2) is 0 Å². The number of aromatic hydroxyl groups is 1. The van der Waals surface area contributed by atoms with Crippen molar-refractivity contribution in [2.45, 2.75) is 94.8 Å². The second-order valence-corrected chi connectivity index (χ2v) is 17.2. The zero-order valence-corrected chi connectivity index (χ0v) is 26.9. The topological polar surface area (TPSA) is 111 Å². The van der Waals surface area contributed by atoms with Gasteiger partial charge in [0.05, 0.1) is 12.1 Å². The first-order valence-electron chi connectivity index (χ1n) is 16.0. The number of aryl methyl sites for hydroxylation is 1. The Morgan fingerprint density at radius 2 is 1.91 bits per heavy atom. The summed E-state index contributed by atoms with van der Waals surface area (Å²) in [5, 5.41) is 20.8. The van der Waals surface area contributed by atoms with Gasteiger partial charge in [-0.1, -0.05) is 60.2 Å². The summed E-state index contributed by atoms with van der Waals surface area (Å²) in [7, 11) is -1.11. The molecule has 4 aliphatic rings. The fraction of sp³-hybridized carbons (Fsp3) is 0.588. The molecule has 0 bridgehead atoms. The quantitative estimate of drug-likeness (QED) is 0.232. The Morgan fingerprint density at radius 3 is 2.65 bits per heavy atom. The smallest absolute Gasteiger partial charge is 0.247 e. The summed E-state index contributed by atoms with van der Waals surface area (Å²) in [4.78, 5) is 28.7. The van der Waals surface area contributed by atoms with Crippen molar-refractivity contribution in [2.75, 3.05) is 25.1 Å². The number of phenolic OH excluding ortho intramolecular Hbond substituents is 1. The number of nitrogens with zero attached hydrogens (tertiary/aromatic N) is 1. The maximum absolute atomic E-state index is 15.1. The fourth-order valence-corrected chi connectivity index (χ4v) is 13.0. The Balaban J connectivity index is 1.27. The monoisotopic (exact) mass is 608 g/mol. The largest absolute Gasteiger partial charge is 0.508 e. The van der Waals surface area contributed by atoms with Gasteiger partial charge in [-0.3, -0.25) is 13.8 Å². The lowest BCUT2D eigenvalue weighted by molar-refractivity contribution is -0.141. The zero-order valence-electron chi connectivity index (χ0n) is 26.0. The fourth-order valence-electron chi connectivity index (χ4n) is 8.72. The number of carbonyl (C=O) groups is 2. The maximum Gasteiger partial charge on any atom is 0.247 e. The maximum atomic E-state index is 15.1. The Hall–Kier alpha value is -2.75. The second-order valence-electron chi connectivity index (χ2n) is 13.8. The first-order valence-corrected chi connectivity index (χ1v) is 18.1. The molecule has 43 heavy (non-hydrogen) atoms. The molecule has 1 spiro atoms. The predicted molar refractivity (Wildman–Crippen MR) is 172 cm³/mol. The van der Waals surface area contributed by atoms with Crippen LogP contribution in [0.3, 0.4) is 0 Å². The van der Waals surface area contributed by atoms with Crippen LogP contribution in [0.2, 0.25) is 0 Å². The highest BCUT2D eigenvalue weighted by Gasteiger charge is 2.71. The summed E-state index contributed by atoms with van der Waals surface area (Å²) in [6, 6.07) is 12.8. The summed E-state index contributed by atoms with van der Waals surface area (Å²) in [5.41, 5.74) is 4.00. The number of benzene rings is 2. The first-order chi connectivity index (χ1) is 20.5. The van der Waals surface area contributed by atoms with E-state index in [1.165, 1.54) is 17.5 Å². The molecule has 2 amide bonds. The average Bonchev–Trinajstić information content (AvgIpc) is 3.19. The van der Waals surface area contributed by atoms with Crippen LogP contribution in [0.1, 0.15) is 87.2 Å². The van der Waals surface area contributed by atoms with Crippen LogP contribution in [0.4, 0.5) is 0 Å². The van der Waals surface area contributed by atoms with Gasteiger partial charge in [0.2, 0.25) is 11.8 Å². The number of fused-ring (bicyclic) bond motifs is 5. The third kappa shape index (κ3) is 4.82. The number of hydrogen-bond donors (Lipinski definition) is 5. The van der Waals surface area contributed by atoms with Crippen LogP contribution in [0, 0.1) is 5.41 Å². The van der Waals surface area contributed by atoms with Crippen LogP contribution in [-0.2, 0) is 32.4 Å². The zero-order chi connectivity index (χ0) is 30.6. The van der Waals surface area contributed by atoms with E-state index >= 15 is 4.21 Å². The lowest BCUT2D eigenvalue weighted by Gasteiger charge is -2.62. The minimum atomic E-state index is -2.83. The van der Waals surface area contributed by atoms with Gasteiger partial charge in [-0.15, -0.1) is 0 Å². The van der Waals surface area contributed by atoms with Gasteiger partial charge in [0, 0.05) is 34.9 Å². The van der Waals surface area contributed by atoms with Crippen LogP contribution in [-0.4, -0.2) is 68.1 Å². The molecular weight excluding hydrogens is 560 g/mol. The van der Waals surface area contributed by atoms with Gasteiger partial charge in [-0.25, -0.2) is 0 Å². The molecule has 0 radical (unpaired) electrons. The van der Waals surface area contributed by atoms with Crippen molar-refractivity contribution in [3.05, 3.63) is 64.7 Å². The molecule has 3 aliphatic heterocycles. The van der Waals surface area contributed by atoms with Gasteiger partial charge in [-0.2, -0.15) is 0 Å². The van der Waals surface area contributed by atoms with E-state index in [-0.39, 0.29) is 23.6 Å². The Morgan fingerprint density at radius 1 is 1.14 bits per heavy atom. The van der Waals surface area contributed by atoms with E-state index in [2.05, 4.69) is 54.1 Å². The number of thiol groups is 1. The highest BCUT2D eigenvalue weighted by atomic mass is 32.2. The highest BCUT2D eigenvalue weighted by molar-refractivity contribution is 8.05. The van der Waals surface area contributed by atoms with Crippen molar-refractivity contribution in [3.63, 3.8) is 0 Å². The van der Waals surface area contributed by atoms with Crippen LogP contribution in [0.15, 0.2) is 42.5 Å². The molecular formula is C34H48N4O4S. The third-order valence-corrected chi connectivity index (χ3v) is 15.4. The SMILES string of the molecule is CN[C@@H](C)C(=O)N[C@H]1Cc2cccc(O)c2[C@H]2CC(C)(C)C3(CC[SH]3(=O)CCCN[C@@H]3CCCc4ccccc43)N2C1=O. The molecule has 0 aromatic heterocycles. The molecule has 8 nitrogen and oxygen atoms in total. The molecule has 2 aromatic carbocycles. The Kier molecular flexibility index (Phi) is 7.97. The van der Waals surface area contributed by atoms with E-state index < -0.39 is 32.3 Å². The summed E-state index contributed by atoms with van der Waals surface area (Å²) < 4.78 is 15.1. The molecule has 1 unspecified atom stereocenters. The molecule has 2 aromatic rings. The van der Waals surface area contributed by atoms with Crippen LogP contribution in [0.25, 0.3) is 0 Å². The molecule has 9 heteroatoms. The number of likely N-dealkylation sites (N-methyl/N-ethyl adjacent to an activating group) is 1. The molecule has 6 rings (SSSR count). The van der Waals surface area contributed by atoms with E-state index in [1.54, 1.807) is 26.1 Å². The number of hydrogen-bond acceptors (Lipinski definition) is 6. The summed E-state index contributed by atoms with van der Waals surface area (Å²) in [6.45, 7) is 6.84. The van der Waals surface area contributed by atoms with Crippen molar-refractivity contribution in [1.29, 1.82) is 0 Å². The van der Waals surface area contributed by atoms with Crippen molar-refractivity contribution < 1.29 is 18.9 Å². The molecule has 4 N–H and O–H groups in total. The van der Waals surface area contributed by atoms with Gasteiger partial charge >= 0.3 is 0 Å². The van der Waals surface area contributed by atoms with Gasteiger partial charge in [-0.05, 0) is 81.8 Å². The van der Waals surface area contributed by atoms with E-state index in [4.69, 9.17) is 0 Å². The van der Waals surface area contributed by atoms with Gasteiger partial charge in [0.1, 0.15) is 16.7 Å².